The molecule has 2 aromatic heterocycles. The van der Waals surface area contributed by atoms with E-state index in [1.807, 2.05) is 24.3 Å². The summed E-state index contributed by atoms with van der Waals surface area (Å²) in [5.41, 5.74) is 7.51. The number of aromatic nitrogens is 5. The maximum Gasteiger partial charge on any atom is 0.225 e. The molecule has 1 aliphatic carbocycles. The number of methoxy groups -OCH3 is 1. The molecule has 0 spiro atoms. The summed E-state index contributed by atoms with van der Waals surface area (Å²) < 4.78 is 6.85. The van der Waals surface area contributed by atoms with Crippen molar-refractivity contribution in [1.29, 1.82) is 0 Å². The van der Waals surface area contributed by atoms with Crippen LogP contribution in [0, 0.1) is 5.92 Å². The Hall–Kier alpha value is -3.23. The first-order chi connectivity index (χ1) is 13.1. The molecule has 0 saturated heterocycles. The van der Waals surface area contributed by atoms with Crippen molar-refractivity contribution in [3.63, 3.8) is 0 Å². The summed E-state index contributed by atoms with van der Waals surface area (Å²) in [6.07, 6.45) is 5.11. The van der Waals surface area contributed by atoms with Crippen LogP contribution in [0.5, 0.6) is 5.75 Å². The zero-order valence-electron chi connectivity index (χ0n) is 15.0. The van der Waals surface area contributed by atoms with Crippen LogP contribution in [0.25, 0.3) is 16.9 Å². The number of fused-ring (bicyclic) bond motifs is 1. The molecule has 0 aliphatic heterocycles. The lowest BCUT2D eigenvalue weighted by Crippen LogP contribution is -2.34. The average molecular weight is 367 g/mol. The van der Waals surface area contributed by atoms with E-state index >= 15 is 0 Å². The molecule has 2 unspecified atom stereocenters. The summed E-state index contributed by atoms with van der Waals surface area (Å²) in [5.74, 6) is 0.933. The van der Waals surface area contributed by atoms with Gasteiger partial charge in [-0.15, -0.1) is 5.10 Å². The van der Waals surface area contributed by atoms with Crippen LogP contribution in [0.4, 0.5) is 5.95 Å². The van der Waals surface area contributed by atoms with Gasteiger partial charge in [-0.3, -0.25) is 4.79 Å². The molecule has 4 rings (SSSR count). The van der Waals surface area contributed by atoms with E-state index in [9.17, 15) is 4.79 Å². The number of rotatable bonds is 5. The first-order valence-corrected chi connectivity index (χ1v) is 8.93. The molecule has 3 aromatic rings. The monoisotopic (exact) mass is 367 g/mol. The minimum Gasteiger partial charge on any atom is -0.497 e. The quantitative estimate of drug-likeness (QED) is 0.703. The summed E-state index contributed by atoms with van der Waals surface area (Å²) in [5, 5.41) is 11.6. The largest absolute Gasteiger partial charge is 0.497 e. The van der Waals surface area contributed by atoms with Gasteiger partial charge in [0, 0.05) is 12.0 Å². The average Bonchev–Trinajstić information content (AvgIpc) is 3.11. The van der Waals surface area contributed by atoms with Crippen molar-refractivity contribution in [1.82, 2.24) is 25.0 Å². The van der Waals surface area contributed by atoms with E-state index in [1.165, 1.54) is 0 Å². The number of anilines is 1. The Morgan fingerprint density at radius 2 is 2.11 bits per heavy atom. The highest BCUT2D eigenvalue weighted by molar-refractivity contribution is 5.77. The van der Waals surface area contributed by atoms with Crippen molar-refractivity contribution >= 4 is 23.0 Å². The second-order valence-electron chi connectivity index (χ2n) is 6.71. The van der Waals surface area contributed by atoms with Crippen LogP contribution >= 0.6 is 0 Å². The van der Waals surface area contributed by atoms with Gasteiger partial charge in [0.05, 0.1) is 19.0 Å². The third kappa shape index (κ3) is 3.53. The number of nitrogens with two attached hydrogens (primary N) is 1. The molecule has 3 N–H and O–H groups in total. The predicted molar refractivity (Wildman–Crippen MR) is 99.6 cm³/mol. The normalized spacial score (nSPS) is 19.7. The van der Waals surface area contributed by atoms with Gasteiger partial charge >= 0.3 is 0 Å². The molecule has 2 heterocycles. The van der Waals surface area contributed by atoms with Crippen molar-refractivity contribution in [3.05, 3.63) is 30.5 Å². The number of carbonyl (C=O) groups is 1. The second kappa shape index (κ2) is 7.18. The number of hydrogen-bond acceptors (Lipinski definition) is 7. The fourth-order valence-electron chi connectivity index (χ4n) is 3.46. The van der Waals surface area contributed by atoms with E-state index in [0.717, 1.165) is 30.7 Å². The smallest absolute Gasteiger partial charge is 0.225 e. The minimum absolute atomic E-state index is 0.0912. The highest BCUT2D eigenvalue weighted by Crippen LogP contribution is 2.26. The van der Waals surface area contributed by atoms with E-state index in [0.29, 0.717) is 23.5 Å². The zero-order valence-corrected chi connectivity index (χ0v) is 15.0. The number of nitrogens with one attached hydrogen (secondary N) is 1. The van der Waals surface area contributed by atoms with Gasteiger partial charge in [0.25, 0.3) is 0 Å². The van der Waals surface area contributed by atoms with Crippen LogP contribution in [0.2, 0.25) is 0 Å². The summed E-state index contributed by atoms with van der Waals surface area (Å²) in [4.78, 5) is 20.4. The van der Waals surface area contributed by atoms with Crippen molar-refractivity contribution < 1.29 is 9.53 Å². The second-order valence-corrected chi connectivity index (χ2v) is 6.71. The summed E-state index contributed by atoms with van der Waals surface area (Å²) >= 11 is 0. The molecule has 9 nitrogen and oxygen atoms in total. The highest BCUT2D eigenvalue weighted by Gasteiger charge is 2.26. The maximum absolute atomic E-state index is 11.5. The molecule has 0 bridgehead atoms. The first kappa shape index (κ1) is 17.2. The lowest BCUT2D eigenvalue weighted by atomic mass is 9.85. The Labute approximate surface area is 155 Å². The van der Waals surface area contributed by atoms with E-state index in [-0.39, 0.29) is 17.9 Å². The lowest BCUT2D eigenvalue weighted by molar-refractivity contribution is -0.122. The van der Waals surface area contributed by atoms with Crippen LogP contribution in [0.15, 0.2) is 30.5 Å². The van der Waals surface area contributed by atoms with Crippen LogP contribution in [-0.2, 0) is 4.79 Å². The van der Waals surface area contributed by atoms with Gasteiger partial charge in [-0.2, -0.15) is 9.67 Å². The van der Waals surface area contributed by atoms with Crippen LogP contribution < -0.4 is 15.8 Å². The Balaban J connectivity index is 1.59. The number of nitrogens with zero attached hydrogens (tertiary/aromatic N) is 5. The Morgan fingerprint density at radius 3 is 2.85 bits per heavy atom. The Bertz CT molecular complexity index is 954. The van der Waals surface area contributed by atoms with Crippen molar-refractivity contribution in [2.24, 2.45) is 11.7 Å². The van der Waals surface area contributed by atoms with Gasteiger partial charge in [0.2, 0.25) is 11.9 Å². The molecular weight excluding hydrogens is 346 g/mol. The topological polar surface area (TPSA) is 121 Å². The van der Waals surface area contributed by atoms with Crippen molar-refractivity contribution in [3.8, 4) is 11.4 Å². The molecule has 2 atom stereocenters. The number of hydrogen-bond donors (Lipinski definition) is 2. The summed E-state index contributed by atoms with van der Waals surface area (Å²) in [6, 6.07) is 7.62. The molecule has 9 heteroatoms. The molecule has 1 fully saturated rings. The van der Waals surface area contributed by atoms with Crippen molar-refractivity contribution in [2.45, 2.75) is 31.7 Å². The molecular formula is C18H21N7O2. The zero-order chi connectivity index (χ0) is 18.8. The number of ether oxygens (including phenoxy) is 1. The van der Waals surface area contributed by atoms with Gasteiger partial charge in [-0.05, 0) is 43.5 Å². The Morgan fingerprint density at radius 1 is 1.30 bits per heavy atom. The number of carbonyl (C=O) groups excluding carboxylic acids is 1. The summed E-state index contributed by atoms with van der Waals surface area (Å²) in [6.45, 7) is 0. The third-order valence-electron chi connectivity index (χ3n) is 4.92. The van der Waals surface area contributed by atoms with Gasteiger partial charge < -0.3 is 15.8 Å². The fourth-order valence-corrected chi connectivity index (χ4v) is 3.46. The SMILES string of the molecule is COc1ccc(-n2nnc3cnc(NC4CCCC(C(N)=O)C4)nc32)cc1. The molecule has 27 heavy (non-hydrogen) atoms. The lowest BCUT2D eigenvalue weighted by Gasteiger charge is -2.27. The predicted octanol–water partition coefficient (Wildman–Crippen LogP) is 1.68. The van der Waals surface area contributed by atoms with Crippen molar-refractivity contribution in [2.75, 3.05) is 12.4 Å². The number of benzene rings is 1. The molecule has 1 aliphatic rings. The molecule has 140 valence electrons. The third-order valence-corrected chi connectivity index (χ3v) is 4.92. The molecule has 0 radical (unpaired) electrons. The fraction of sp³-hybridized carbons (Fsp3) is 0.389. The van der Waals surface area contributed by atoms with Crippen LogP contribution in [0.3, 0.4) is 0 Å². The van der Waals surface area contributed by atoms with E-state index < -0.39 is 0 Å². The van der Waals surface area contributed by atoms with Crippen LogP contribution in [0.1, 0.15) is 25.7 Å². The van der Waals surface area contributed by atoms with E-state index in [4.69, 9.17) is 10.5 Å². The first-order valence-electron chi connectivity index (χ1n) is 8.93. The van der Waals surface area contributed by atoms with Crippen LogP contribution in [-0.4, -0.2) is 44.0 Å². The van der Waals surface area contributed by atoms with E-state index in [2.05, 4.69) is 25.6 Å². The number of primary amides is 1. The molecule has 1 aromatic carbocycles. The van der Waals surface area contributed by atoms with Gasteiger partial charge in [0.15, 0.2) is 11.2 Å². The number of amides is 1. The van der Waals surface area contributed by atoms with Gasteiger partial charge in [-0.1, -0.05) is 11.6 Å². The molecule has 1 amide bonds. The van der Waals surface area contributed by atoms with E-state index in [1.54, 1.807) is 18.0 Å². The maximum atomic E-state index is 11.5. The standard InChI is InChI=1S/C18H21N7O2/c1-27-14-7-5-13(6-8-14)25-17-15(23-24-25)10-20-18(22-17)21-12-4-2-3-11(9-12)16(19)26/h5-8,10-12H,2-4,9H2,1H3,(H2,19,26)(H,20,21,22). The summed E-state index contributed by atoms with van der Waals surface area (Å²) in [7, 11) is 1.62. The van der Waals surface area contributed by atoms with Gasteiger partial charge in [0.1, 0.15) is 5.75 Å². The van der Waals surface area contributed by atoms with Gasteiger partial charge in [-0.25, -0.2) is 4.98 Å². The Kier molecular flexibility index (Phi) is 4.57. The minimum atomic E-state index is -0.236. The molecule has 1 saturated carbocycles. The highest BCUT2D eigenvalue weighted by atomic mass is 16.5.